The zero-order valence-electron chi connectivity index (χ0n) is 22.4. The van der Waals surface area contributed by atoms with Gasteiger partial charge in [-0.25, -0.2) is 8.42 Å². The molecule has 1 aromatic rings. The maximum absolute atomic E-state index is 12.4. The van der Waals surface area contributed by atoms with E-state index in [0.29, 0.717) is 24.3 Å². The maximum Gasteiger partial charge on any atom is 0.243 e. The molecule has 1 aromatic carbocycles. The van der Waals surface area contributed by atoms with Gasteiger partial charge in [0.2, 0.25) is 11.8 Å². The minimum Gasteiger partial charge on any atom is -0.354 e. The Labute approximate surface area is 225 Å². The van der Waals surface area contributed by atoms with E-state index in [1.165, 1.54) is 38.5 Å². The monoisotopic (exact) mass is 540 g/mol. The summed E-state index contributed by atoms with van der Waals surface area (Å²) in [5.74, 6) is 0.0794. The van der Waals surface area contributed by atoms with Crippen LogP contribution in [0.5, 0.6) is 0 Å². The molecule has 0 radical (unpaired) electrons. The Balaban J connectivity index is 2.11. The molecular formula is C28H48N2O4S2. The Morgan fingerprint density at radius 3 is 2.00 bits per heavy atom. The largest absolute Gasteiger partial charge is 0.354 e. The smallest absolute Gasteiger partial charge is 0.243 e. The first kappa shape index (κ1) is 32.5. The molecule has 0 fully saturated rings. The number of carbonyl (C=O) groups is 2. The fourth-order valence-electron chi connectivity index (χ4n) is 4.03. The maximum atomic E-state index is 12.4. The molecule has 0 aliphatic carbocycles. The van der Waals surface area contributed by atoms with Crippen LogP contribution in [0, 0.1) is 6.92 Å². The van der Waals surface area contributed by atoms with Crippen LogP contribution in [0.3, 0.4) is 0 Å². The van der Waals surface area contributed by atoms with E-state index in [1.54, 1.807) is 12.1 Å². The van der Waals surface area contributed by atoms with Crippen molar-refractivity contribution in [3.05, 3.63) is 29.8 Å². The molecule has 0 aliphatic heterocycles. The number of sulfone groups is 1. The summed E-state index contributed by atoms with van der Waals surface area (Å²) < 4.78 is 24.8. The Morgan fingerprint density at radius 1 is 0.833 bits per heavy atom. The Kier molecular flexibility index (Phi) is 17.6. The van der Waals surface area contributed by atoms with E-state index in [1.807, 2.05) is 19.1 Å². The topological polar surface area (TPSA) is 92.3 Å². The third kappa shape index (κ3) is 14.9. The summed E-state index contributed by atoms with van der Waals surface area (Å²) in [6.07, 6.45) is 14.2. The van der Waals surface area contributed by atoms with Gasteiger partial charge in [0.25, 0.3) is 0 Å². The molecule has 0 saturated heterocycles. The first-order valence-electron chi connectivity index (χ1n) is 13.8. The van der Waals surface area contributed by atoms with Crippen molar-refractivity contribution in [2.45, 2.75) is 115 Å². The Hall–Kier alpha value is -1.54. The van der Waals surface area contributed by atoms with Crippen LogP contribution in [-0.4, -0.2) is 44.3 Å². The van der Waals surface area contributed by atoms with E-state index in [0.717, 1.165) is 44.1 Å². The normalized spacial score (nSPS) is 12.3. The standard InChI is InChI=1S/C28H48N2O4S2/c1-3-4-5-6-7-8-9-10-13-16-27(31)30-26(23-35)28(32)29-21-14-11-12-15-22-36(33,34)25-19-17-24(2)18-20-25/h17-20,26,35H,3-16,21-23H2,1-2H3,(H,29,32)(H,30,31). The summed E-state index contributed by atoms with van der Waals surface area (Å²) in [6, 6.07) is 6.32. The number of hydrogen-bond acceptors (Lipinski definition) is 5. The molecule has 1 unspecified atom stereocenters. The summed E-state index contributed by atoms with van der Waals surface area (Å²) in [4.78, 5) is 25.0. The molecule has 206 valence electrons. The molecule has 36 heavy (non-hydrogen) atoms. The van der Waals surface area contributed by atoms with Gasteiger partial charge in [-0.1, -0.05) is 88.8 Å². The van der Waals surface area contributed by atoms with Crippen LogP contribution in [0.25, 0.3) is 0 Å². The molecule has 8 heteroatoms. The van der Waals surface area contributed by atoms with Gasteiger partial charge < -0.3 is 10.6 Å². The highest BCUT2D eigenvalue weighted by molar-refractivity contribution is 7.91. The van der Waals surface area contributed by atoms with Gasteiger partial charge in [0.15, 0.2) is 9.84 Å². The van der Waals surface area contributed by atoms with Crippen molar-refractivity contribution in [2.24, 2.45) is 0 Å². The second-order valence-electron chi connectivity index (χ2n) is 9.72. The number of thiol groups is 1. The zero-order chi connectivity index (χ0) is 26.7. The number of unbranched alkanes of at least 4 members (excludes halogenated alkanes) is 11. The summed E-state index contributed by atoms with van der Waals surface area (Å²) >= 11 is 4.22. The number of amides is 2. The highest BCUT2D eigenvalue weighted by Gasteiger charge is 2.18. The zero-order valence-corrected chi connectivity index (χ0v) is 24.1. The number of carbonyl (C=O) groups excluding carboxylic acids is 2. The highest BCUT2D eigenvalue weighted by Crippen LogP contribution is 2.14. The molecule has 2 N–H and O–H groups in total. The van der Waals surface area contributed by atoms with E-state index >= 15 is 0 Å². The fourth-order valence-corrected chi connectivity index (χ4v) is 5.65. The van der Waals surface area contributed by atoms with Crippen LogP contribution in [0.2, 0.25) is 0 Å². The summed E-state index contributed by atoms with van der Waals surface area (Å²) in [5.41, 5.74) is 1.04. The number of hydrogen-bond donors (Lipinski definition) is 3. The van der Waals surface area contributed by atoms with Crippen molar-refractivity contribution in [1.82, 2.24) is 10.6 Å². The van der Waals surface area contributed by atoms with Gasteiger partial charge in [0.05, 0.1) is 10.6 Å². The molecule has 1 rings (SSSR count). The second kappa shape index (κ2) is 19.6. The number of benzene rings is 1. The van der Waals surface area contributed by atoms with Crippen LogP contribution in [0.4, 0.5) is 0 Å². The van der Waals surface area contributed by atoms with E-state index < -0.39 is 15.9 Å². The van der Waals surface area contributed by atoms with Crippen molar-refractivity contribution in [3.8, 4) is 0 Å². The third-order valence-corrected chi connectivity index (χ3v) is 8.54. The molecule has 0 saturated carbocycles. The van der Waals surface area contributed by atoms with Gasteiger partial charge in [0, 0.05) is 18.7 Å². The van der Waals surface area contributed by atoms with Gasteiger partial charge in [-0.3, -0.25) is 9.59 Å². The Bertz CT molecular complexity index is 842. The predicted octanol–water partition coefficient (Wildman–Crippen LogP) is 5.78. The highest BCUT2D eigenvalue weighted by atomic mass is 32.2. The molecule has 2 amide bonds. The molecule has 0 aromatic heterocycles. The molecule has 0 heterocycles. The number of nitrogens with one attached hydrogen (secondary N) is 2. The molecule has 6 nitrogen and oxygen atoms in total. The first-order chi connectivity index (χ1) is 17.3. The Morgan fingerprint density at radius 2 is 1.39 bits per heavy atom. The third-order valence-electron chi connectivity index (χ3n) is 6.36. The summed E-state index contributed by atoms with van der Waals surface area (Å²) in [7, 11) is -3.24. The van der Waals surface area contributed by atoms with Crippen molar-refractivity contribution < 1.29 is 18.0 Å². The predicted molar refractivity (Wildman–Crippen MR) is 152 cm³/mol. The van der Waals surface area contributed by atoms with Crippen molar-refractivity contribution in [2.75, 3.05) is 18.1 Å². The lowest BCUT2D eigenvalue weighted by atomic mass is 10.1. The summed E-state index contributed by atoms with van der Waals surface area (Å²) in [5, 5.41) is 5.66. The van der Waals surface area contributed by atoms with Crippen molar-refractivity contribution in [1.29, 1.82) is 0 Å². The molecule has 0 spiro atoms. The average Bonchev–Trinajstić information content (AvgIpc) is 2.85. The number of aryl methyl sites for hydroxylation is 1. The van der Waals surface area contributed by atoms with Gasteiger partial charge in [-0.05, 0) is 38.3 Å². The van der Waals surface area contributed by atoms with E-state index in [9.17, 15) is 18.0 Å². The van der Waals surface area contributed by atoms with Gasteiger partial charge >= 0.3 is 0 Å². The van der Waals surface area contributed by atoms with Gasteiger partial charge in [-0.2, -0.15) is 12.6 Å². The van der Waals surface area contributed by atoms with Gasteiger partial charge in [-0.15, -0.1) is 0 Å². The van der Waals surface area contributed by atoms with E-state index in [4.69, 9.17) is 0 Å². The van der Waals surface area contributed by atoms with Crippen LogP contribution in [0.1, 0.15) is 102 Å². The molecule has 0 aliphatic rings. The molecule has 1 atom stereocenters. The second-order valence-corrected chi connectivity index (χ2v) is 12.2. The van der Waals surface area contributed by atoms with Crippen LogP contribution < -0.4 is 10.6 Å². The van der Waals surface area contributed by atoms with Crippen LogP contribution >= 0.6 is 12.6 Å². The lowest BCUT2D eigenvalue weighted by Crippen LogP contribution is -2.48. The molecule has 0 bridgehead atoms. The van der Waals surface area contributed by atoms with Crippen molar-refractivity contribution in [3.63, 3.8) is 0 Å². The van der Waals surface area contributed by atoms with Crippen molar-refractivity contribution >= 4 is 34.3 Å². The minimum atomic E-state index is -3.24. The SMILES string of the molecule is CCCCCCCCCCCC(=O)NC(CS)C(=O)NCCCCCCS(=O)(=O)c1ccc(C)cc1. The van der Waals surface area contributed by atoms with Crippen LogP contribution in [0.15, 0.2) is 29.2 Å². The summed E-state index contributed by atoms with van der Waals surface area (Å²) in [6.45, 7) is 4.66. The fraction of sp³-hybridized carbons (Fsp3) is 0.714. The molecular weight excluding hydrogens is 492 g/mol. The minimum absolute atomic E-state index is 0.0954. The van der Waals surface area contributed by atoms with E-state index in [2.05, 4.69) is 30.2 Å². The number of rotatable bonds is 21. The van der Waals surface area contributed by atoms with Crippen LogP contribution in [-0.2, 0) is 19.4 Å². The first-order valence-corrected chi connectivity index (χ1v) is 16.1. The lowest BCUT2D eigenvalue weighted by Gasteiger charge is -2.16. The quantitative estimate of drug-likeness (QED) is 0.136. The van der Waals surface area contributed by atoms with Gasteiger partial charge in [0.1, 0.15) is 6.04 Å². The average molecular weight is 541 g/mol. The lowest BCUT2D eigenvalue weighted by molar-refractivity contribution is -0.128. The van der Waals surface area contributed by atoms with E-state index in [-0.39, 0.29) is 23.3 Å².